The Morgan fingerprint density at radius 3 is 2.70 bits per heavy atom. The summed E-state index contributed by atoms with van der Waals surface area (Å²) in [4.78, 5) is 4.71. The van der Waals surface area contributed by atoms with Gasteiger partial charge in [-0.3, -0.25) is 4.68 Å². The Labute approximate surface area is 169 Å². The number of halogens is 1. The molecule has 4 rings (SSSR count). The quantitative estimate of drug-likeness (QED) is 0.512. The van der Waals surface area contributed by atoms with Gasteiger partial charge in [0.05, 0.1) is 12.1 Å². The van der Waals surface area contributed by atoms with E-state index in [1.165, 1.54) is 26.3 Å². The SMILES string of the molecule is CN(C)CCn1nc2c3c(c(NCCN)ccc31)Sc1ccccc1-2.Cl.O. The minimum atomic E-state index is 0. The molecule has 0 atom stereocenters. The van der Waals surface area contributed by atoms with Crippen molar-refractivity contribution in [1.82, 2.24) is 14.7 Å². The van der Waals surface area contributed by atoms with Crippen LogP contribution >= 0.6 is 24.2 Å². The zero-order chi connectivity index (χ0) is 17.4. The van der Waals surface area contributed by atoms with E-state index in [1.54, 1.807) is 0 Å². The number of anilines is 1. The average Bonchev–Trinajstić information content (AvgIpc) is 2.99. The third-order valence-electron chi connectivity index (χ3n) is 4.44. The van der Waals surface area contributed by atoms with Crippen molar-refractivity contribution in [3.63, 3.8) is 0 Å². The van der Waals surface area contributed by atoms with E-state index in [-0.39, 0.29) is 17.9 Å². The summed E-state index contributed by atoms with van der Waals surface area (Å²) in [5, 5.41) is 9.70. The molecule has 6 nitrogen and oxygen atoms in total. The predicted molar refractivity (Wildman–Crippen MR) is 116 cm³/mol. The van der Waals surface area contributed by atoms with Crippen molar-refractivity contribution in [2.24, 2.45) is 5.73 Å². The number of likely N-dealkylation sites (N-methyl/N-ethyl adjacent to an activating group) is 1. The smallest absolute Gasteiger partial charge is 0.103 e. The van der Waals surface area contributed by atoms with Crippen LogP contribution in [0.3, 0.4) is 0 Å². The van der Waals surface area contributed by atoms with Gasteiger partial charge in [0.25, 0.3) is 0 Å². The van der Waals surface area contributed by atoms with Crippen LogP contribution in [0.5, 0.6) is 0 Å². The molecule has 0 spiro atoms. The Hall–Kier alpha value is -1.77. The molecule has 0 bridgehead atoms. The molecular weight excluding hydrogens is 382 g/mol. The van der Waals surface area contributed by atoms with Gasteiger partial charge in [0.2, 0.25) is 0 Å². The summed E-state index contributed by atoms with van der Waals surface area (Å²) < 4.78 is 2.14. The Balaban J connectivity index is 0.00000131. The number of aromatic nitrogens is 2. The minimum absolute atomic E-state index is 0. The zero-order valence-electron chi connectivity index (χ0n) is 15.5. The number of fused-ring (bicyclic) bond motifs is 2. The van der Waals surface area contributed by atoms with Gasteiger partial charge in [-0.2, -0.15) is 5.10 Å². The molecule has 0 aliphatic carbocycles. The molecule has 3 aromatic rings. The second kappa shape index (κ2) is 8.95. The Morgan fingerprint density at radius 2 is 1.96 bits per heavy atom. The number of rotatable bonds is 6. The van der Waals surface area contributed by atoms with Crippen LogP contribution in [0.15, 0.2) is 46.2 Å². The molecule has 0 fully saturated rings. The molecule has 0 saturated heterocycles. The van der Waals surface area contributed by atoms with Crippen LogP contribution in [-0.4, -0.2) is 53.9 Å². The number of nitrogens with one attached hydrogen (secondary N) is 1. The van der Waals surface area contributed by atoms with Gasteiger partial charge >= 0.3 is 0 Å². The molecule has 1 aliphatic rings. The molecule has 5 N–H and O–H groups in total. The molecule has 1 aliphatic heterocycles. The van der Waals surface area contributed by atoms with Crippen molar-refractivity contribution in [2.45, 2.75) is 16.3 Å². The zero-order valence-corrected chi connectivity index (χ0v) is 17.2. The van der Waals surface area contributed by atoms with Gasteiger partial charge < -0.3 is 21.4 Å². The molecular formula is C19H26ClN5OS. The van der Waals surface area contributed by atoms with E-state index in [0.29, 0.717) is 6.54 Å². The van der Waals surface area contributed by atoms with E-state index < -0.39 is 0 Å². The fourth-order valence-electron chi connectivity index (χ4n) is 3.21. The normalized spacial score (nSPS) is 11.7. The fraction of sp³-hybridized carbons (Fsp3) is 0.316. The first-order chi connectivity index (χ1) is 12.2. The van der Waals surface area contributed by atoms with E-state index in [0.717, 1.165) is 31.0 Å². The lowest BCUT2D eigenvalue weighted by atomic mass is 10.1. The standard InChI is InChI=1S/C19H23N5S.ClH.H2O/c1-23(2)11-12-24-15-8-7-14(21-10-9-20)19-17(15)18(22-24)13-5-3-4-6-16(13)25-19;;/h3-8,21H,9-12,20H2,1-2H3;1H;1H2. The summed E-state index contributed by atoms with van der Waals surface area (Å²) in [6, 6.07) is 12.9. The third kappa shape index (κ3) is 3.93. The average molecular weight is 408 g/mol. The third-order valence-corrected chi connectivity index (χ3v) is 5.65. The first-order valence-corrected chi connectivity index (χ1v) is 9.40. The number of benzene rings is 2. The second-order valence-electron chi connectivity index (χ2n) is 6.53. The summed E-state index contributed by atoms with van der Waals surface area (Å²) in [5.41, 5.74) is 10.3. The minimum Gasteiger partial charge on any atom is -0.412 e. The maximum Gasteiger partial charge on any atom is 0.103 e. The monoisotopic (exact) mass is 407 g/mol. The van der Waals surface area contributed by atoms with Gasteiger partial charge in [-0.15, -0.1) is 12.4 Å². The Morgan fingerprint density at radius 1 is 1.19 bits per heavy atom. The van der Waals surface area contributed by atoms with Crippen molar-refractivity contribution in [2.75, 3.05) is 39.0 Å². The van der Waals surface area contributed by atoms with Crippen LogP contribution in [0.4, 0.5) is 5.69 Å². The van der Waals surface area contributed by atoms with E-state index >= 15 is 0 Å². The van der Waals surface area contributed by atoms with Crippen molar-refractivity contribution >= 4 is 40.8 Å². The summed E-state index contributed by atoms with van der Waals surface area (Å²) >= 11 is 1.82. The second-order valence-corrected chi connectivity index (χ2v) is 7.58. The largest absolute Gasteiger partial charge is 0.412 e. The highest BCUT2D eigenvalue weighted by Gasteiger charge is 2.25. The van der Waals surface area contributed by atoms with Crippen molar-refractivity contribution in [1.29, 1.82) is 0 Å². The van der Waals surface area contributed by atoms with Crippen LogP contribution in [0, 0.1) is 0 Å². The maximum atomic E-state index is 5.68. The Bertz CT molecular complexity index is 928. The topological polar surface area (TPSA) is 90.6 Å². The van der Waals surface area contributed by atoms with E-state index in [1.807, 2.05) is 11.8 Å². The number of hydrogen-bond acceptors (Lipinski definition) is 5. The predicted octanol–water partition coefficient (Wildman–Crippen LogP) is 2.70. The van der Waals surface area contributed by atoms with Crippen LogP contribution < -0.4 is 11.1 Å². The molecule has 2 heterocycles. The van der Waals surface area contributed by atoms with Gasteiger partial charge in [0.1, 0.15) is 5.69 Å². The van der Waals surface area contributed by atoms with Crippen LogP contribution in [-0.2, 0) is 6.54 Å². The van der Waals surface area contributed by atoms with E-state index in [9.17, 15) is 0 Å². The highest BCUT2D eigenvalue weighted by molar-refractivity contribution is 8.00. The van der Waals surface area contributed by atoms with Crippen molar-refractivity contribution in [3.05, 3.63) is 36.4 Å². The number of nitrogens with two attached hydrogens (primary N) is 1. The lowest BCUT2D eigenvalue weighted by molar-refractivity contribution is 0.377. The number of hydrogen-bond donors (Lipinski definition) is 2. The van der Waals surface area contributed by atoms with E-state index in [2.05, 4.69) is 65.4 Å². The molecule has 8 heteroatoms. The van der Waals surface area contributed by atoms with Gasteiger partial charge in [-0.1, -0.05) is 30.0 Å². The molecule has 0 radical (unpaired) electrons. The highest BCUT2D eigenvalue weighted by Crippen LogP contribution is 2.50. The van der Waals surface area contributed by atoms with Crippen LogP contribution in [0.25, 0.3) is 22.2 Å². The first kappa shape index (κ1) is 21.5. The van der Waals surface area contributed by atoms with Gasteiger partial charge in [-0.25, -0.2) is 0 Å². The first-order valence-electron chi connectivity index (χ1n) is 8.58. The van der Waals surface area contributed by atoms with Crippen molar-refractivity contribution in [3.8, 4) is 11.3 Å². The van der Waals surface area contributed by atoms with Gasteiger partial charge in [0.15, 0.2) is 0 Å². The molecule has 27 heavy (non-hydrogen) atoms. The van der Waals surface area contributed by atoms with E-state index in [4.69, 9.17) is 10.8 Å². The van der Waals surface area contributed by atoms with Gasteiger partial charge in [-0.05, 0) is 32.3 Å². The lowest BCUT2D eigenvalue weighted by Crippen LogP contribution is -2.19. The summed E-state index contributed by atoms with van der Waals surface area (Å²) in [7, 11) is 4.19. The Kier molecular flexibility index (Phi) is 7.13. The van der Waals surface area contributed by atoms with Crippen molar-refractivity contribution < 1.29 is 5.48 Å². The highest BCUT2D eigenvalue weighted by atomic mass is 35.5. The summed E-state index contributed by atoms with van der Waals surface area (Å²) in [5.74, 6) is 0. The molecule has 146 valence electrons. The van der Waals surface area contributed by atoms with Crippen LogP contribution in [0.2, 0.25) is 0 Å². The lowest BCUT2D eigenvalue weighted by Gasteiger charge is -2.18. The molecule has 0 unspecified atom stereocenters. The van der Waals surface area contributed by atoms with Gasteiger partial charge in [0, 0.05) is 46.1 Å². The summed E-state index contributed by atoms with van der Waals surface area (Å²) in [6.07, 6.45) is 0. The molecule has 1 aromatic heterocycles. The fourth-order valence-corrected chi connectivity index (χ4v) is 4.40. The van der Waals surface area contributed by atoms with Crippen LogP contribution in [0.1, 0.15) is 0 Å². The molecule has 2 aromatic carbocycles. The number of nitrogens with zero attached hydrogens (tertiary/aromatic N) is 3. The maximum absolute atomic E-state index is 5.68. The summed E-state index contributed by atoms with van der Waals surface area (Å²) in [6.45, 7) is 3.23. The molecule has 0 amide bonds. The molecule has 0 saturated carbocycles.